The molecule has 0 aliphatic rings. The van der Waals surface area contributed by atoms with Gasteiger partial charge < -0.3 is 0 Å². The third kappa shape index (κ3) is 2.01. The molecule has 0 aromatic carbocycles. The first-order chi connectivity index (χ1) is 7.24. The van der Waals surface area contributed by atoms with Gasteiger partial charge in [-0.25, -0.2) is 0 Å². The molecule has 2 nitrogen and oxygen atoms in total. The number of nitrogens with zero attached hydrogens (tertiary/aromatic N) is 1. The molecule has 2 aromatic rings. The third-order valence-electron chi connectivity index (χ3n) is 2.40. The van der Waals surface area contributed by atoms with E-state index in [2.05, 4.69) is 56.8 Å². The summed E-state index contributed by atoms with van der Waals surface area (Å²) in [6.45, 7) is 4.36. The van der Waals surface area contributed by atoms with Crippen molar-refractivity contribution in [3.63, 3.8) is 0 Å². The van der Waals surface area contributed by atoms with E-state index in [4.69, 9.17) is 0 Å². The zero-order valence-electron chi connectivity index (χ0n) is 8.75. The summed E-state index contributed by atoms with van der Waals surface area (Å²) in [5.74, 6) is 0.484. The van der Waals surface area contributed by atoms with Gasteiger partial charge >= 0.3 is 0 Å². The van der Waals surface area contributed by atoms with Crippen LogP contribution in [-0.2, 0) is 5.33 Å². The SMILES string of the molecule is CC(C)c1[nH]nc(-c2ccsc2)c1CBr. The van der Waals surface area contributed by atoms with E-state index in [1.807, 2.05) is 0 Å². The summed E-state index contributed by atoms with van der Waals surface area (Å²) in [5, 5.41) is 12.6. The first-order valence-corrected chi connectivity index (χ1v) is 6.96. The maximum atomic E-state index is 4.40. The Morgan fingerprint density at radius 3 is 2.87 bits per heavy atom. The Bertz CT molecular complexity index is 431. The smallest absolute Gasteiger partial charge is 0.0972 e. The molecule has 2 heterocycles. The Morgan fingerprint density at radius 1 is 1.53 bits per heavy atom. The van der Waals surface area contributed by atoms with Gasteiger partial charge in [0.2, 0.25) is 0 Å². The molecule has 2 aromatic heterocycles. The minimum atomic E-state index is 0.484. The van der Waals surface area contributed by atoms with E-state index in [9.17, 15) is 0 Å². The van der Waals surface area contributed by atoms with Crippen LogP contribution < -0.4 is 0 Å². The van der Waals surface area contributed by atoms with Gasteiger partial charge in [0, 0.05) is 27.5 Å². The molecular weight excluding hydrogens is 272 g/mol. The fourth-order valence-electron chi connectivity index (χ4n) is 1.63. The third-order valence-corrected chi connectivity index (χ3v) is 3.65. The molecule has 1 N–H and O–H groups in total. The minimum absolute atomic E-state index is 0.484. The zero-order valence-corrected chi connectivity index (χ0v) is 11.2. The fourth-order valence-corrected chi connectivity index (χ4v) is 2.84. The number of hydrogen-bond donors (Lipinski definition) is 1. The summed E-state index contributed by atoms with van der Waals surface area (Å²) in [5.41, 5.74) is 4.80. The Kier molecular flexibility index (Phi) is 3.26. The number of rotatable bonds is 3. The van der Waals surface area contributed by atoms with Crippen molar-refractivity contribution >= 4 is 27.3 Å². The lowest BCUT2D eigenvalue weighted by atomic mass is 10.0. The molecule has 0 unspecified atom stereocenters. The summed E-state index contributed by atoms with van der Waals surface area (Å²) in [6, 6.07) is 2.11. The first-order valence-electron chi connectivity index (χ1n) is 4.89. The minimum Gasteiger partial charge on any atom is -0.281 e. The number of hydrogen-bond acceptors (Lipinski definition) is 2. The maximum Gasteiger partial charge on any atom is 0.0972 e. The average molecular weight is 285 g/mol. The van der Waals surface area contributed by atoms with Crippen LogP contribution in [0.3, 0.4) is 0 Å². The standard InChI is InChI=1S/C11H13BrN2S/c1-7(2)10-9(5-12)11(14-13-10)8-3-4-15-6-8/h3-4,6-7H,5H2,1-2H3,(H,13,14). The number of H-pyrrole nitrogens is 1. The van der Waals surface area contributed by atoms with Crippen molar-refractivity contribution in [3.05, 3.63) is 28.1 Å². The quantitative estimate of drug-likeness (QED) is 0.843. The van der Waals surface area contributed by atoms with Crippen LogP contribution >= 0.6 is 27.3 Å². The fraction of sp³-hybridized carbons (Fsp3) is 0.364. The topological polar surface area (TPSA) is 28.7 Å². The van der Waals surface area contributed by atoms with Crippen LogP contribution in [0.1, 0.15) is 31.0 Å². The Balaban J connectivity index is 2.49. The van der Waals surface area contributed by atoms with Crippen LogP contribution in [0.25, 0.3) is 11.3 Å². The maximum absolute atomic E-state index is 4.40. The van der Waals surface area contributed by atoms with Gasteiger partial charge in [0.25, 0.3) is 0 Å². The number of aromatic amines is 1. The summed E-state index contributed by atoms with van der Waals surface area (Å²) in [7, 11) is 0. The number of halogens is 1. The summed E-state index contributed by atoms with van der Waals surface area (Å²) in [4.78, 5) is 0. The molecule has 0 spiro atoms. The van der Waals surface area contributed by atoms with Crippen LogP contribution in [0.4, 0.5) is 0 Å². The largest absolute Gasteiger partial charge is 0.281 e. The van der Waals surface area contributed by atoms with E-state index in [0.717, 1.165) is 11.0 Å². The van der Waals surface area contributed by atoms with Gasteiger partial charge in [-0.3, -0.25) is 5.10 Å². The van der Waals surface area contributed by atoms with Gasteiger partial charge in [-0.05, 0) is 17.4 Å². The summed E-state index contributed by atoms with van der Waals surface area (Å²) < 4.78 is 0. The lowest BCUT2D eigenvalue weighted by molar-refractivity contribution is 0.803. The van der Waals surface area contributed by atoms with Crippen LogP contribution in [0.15, 0.2) is 16.8 Å². The second-order valence-corrected chi connectivity index (χ2v) is 5.11. The molecule has 0 amide bonds. The second kappa shape index (κ2) is 4.49. The van der Waals surface area contributed by atoms with Crippen LogP contribution in [0.5, 0.6) is 0 Å². The van der Waals surface area contributed by atoms with Gasteiger partial charge in [-0.15, -0.1) is 0 Å². The molecule has 2 rings (SSSR count). The van der Waals surface area contributed by atoms with Crippen LogP contribution in [0.2, 0.25) is 0 Å². The van der Waals surface area contributed by atoms with E-state index in [0.29, 0.717) is 5.92 Å². The molecule has 15 heavy (non-hydrogen) atoms. The molecule has 0 aliphatic heterocycles. The lowest BCUT2D eigenvalue weighted by Gasteiger charge is -2.04. The highest BCUT2D eigenvalue weighted by Crippen LogP contribution is 2.30. The highest BCUT2D eigenvalue weighted by Gasteiger charge is 2.15. The van der Waals surface area contributed by atoms with Crippen molar-refractivity contribution in [1.82, 2.24) is 10.2 Å². The van der Waals surface area contributed by atoms with E-state index in [1.54, 1.807) is 11.3 Å². The van der Waals surface area contributed by atoms with E-state index >= 15 is 0 Å². The first kappa shape index (κ1) is 10.9. The molecule has 0 saturated heterocycles. The molecule has 0 fully saturated rings. The number of alkyl halides is 1. The Labute approximate surface area is 102 Å². The van der Waals surface area contributed by atoms with Gasteiger partial charge in [-0.1, -0.05) is 29.8 Å². The monoisotopic (exact) mass is 284 g/mol. The van der Waals surface area contributed by atoms with Gasteiger partial charge in [0.1, 0.15) is 0 Å². The molecule has 4 heteroatoms. The van der Waals surface area contributed by atoms with E-state index < -0.39 is 0 Å². The van der Waals surface area contributed by atoms with Gasteiger partial charge in [0.15, 0.2) is 0 Å². The van der Waals surface area contributed by atoms with Crippen molar-refractivity contribution in [2.24, 2.45) is 0 Å². The average Bonchev–Trinajstić information content (AvgIpc) is 2.85. The molecule has 80 valence electrons. The Hall–Kier alpha value is -0.610. The van der Waals surface area contributed by atoms with Crippen molar-refractivity contribution in [2.45, 2.75) is 25.1 Å². The zero-order chi connectivity index (χ0) is 10.8. The van der Waals surface area contributed by atoms with Gasteiger partial charge in [-0.2, -0.15) is 16.4 Å². The number of nitrogens with one attached hydrogen (secondary N) is 1. The van der Waals surface area contributed by atoms with Crippen molar-refractivity contribution in [1.29, 1.82) is 0 Å². The molecule has 0 saturated carbocycles. The molecule has 0 radical (unpaired) electrons. The molecular formula is C11H13BrN2S. The highest BCUT2D eigenvalue weighted by atomic mass is 79.9. The predicted molar refractivity (Wildman–Crippen MR) is 68.6 cm³/mol. The highest BCUT2D eigenvalue weighted by molar-refractivity contribution is 9.08. The van der Waals surface area contributed by atoms with E-state index in [-0.39, 0.29) is 0 Å². The molecule has 0 aliphatic carbocycles. The van der Waals surface area contributed by atoms with Crippen molar-refractivity contribution < 1.29 is 0 Å². The number of thiophene rings is 1. The summed E-state index contributed by atoms with van der Waals surface area (Å²) in [6.07, 6.45) is 0. The van der Waals surface area contributed by atoms with Crippen molar-refractivity contribution in [2.75, 3.05) is 0 Å². The Morgan fingerprint density at radius 2 is 2.33 bits per heavy atom. The lowest BCUT2D eigenvalue weighted by Crippen LogP contribution is -1.92. The molecule has 0 atom stereocenters. The van der Waals surface area contributed by atoms with Gasteiger partial charge in [0.05, 0.1) is 5.69 Å². The normalized spacial score (nSPS) is 11.2. The van der Waals surface area contributed by atoms with Crippen molar-refractivity contribution in [3.8, 4) is 11.3 Å². The van der Waals surface area contributed by atoms with Crippen LogP contribution in [0, 0.1) is 0 Å². The summed E-state index contributed by atoms with van der Waals surface area (Å²) >= 11 is 5.24. The predicted octanol–water partition coefficient (Wildman–Crippen LogP) is 4.16. The number of aromatic nitrogens is 2. The second-order valence-electron chi connectivity index (χ2n) is 3.76. The molecule has 0 bridgehead atoms. The van der Waals surface area contributed by atoms with Crippen LogP contribution in [-0.4, -0.2) is 10.2 Å². The van der Waals surface area contributed by atoms with E-state index in [1.165, 1.54) is 16.8 Å².